The number of furan rings is 1. The van der Waals surface area contributed by atoms with Crippen molar-refractivity contribution >= 4 is 17.0 Å². The van der Waals surface area contributed by atoms with E-state index in [0.717, 1.165) is 16.7 Å². The van der Waals surface area contributed by atoms with Gasteiger partial charge in [-0.2, -0.15) is 0 Å². The summed E-state index contributed by atoms with van der Waals surface area (Å²) in [5, 5.41) is 6.37. The fourth-order valence-electron chi connectivity index (χ4n) is 1.52. The Kier molecular flexibility index (Phi) is 3.45. The zero-order chi connectivity index (χ0) is 12.1. The number of para-hydroxylation sites is 1. The zero-order valence-corrected chi connectivity index (χ0v) is 9.40. The number of urea groups is 1. The zero-order valence-electron chi connectivity index (χ0n) is 9.40. The fourth-order valence-corrected chi connectivity index (χ4v) is 1.52. The van der Waals surface area contributed by atoms with Crippen LogP contribution in [0, 0.1) is 0 Å². The standard InChI is InChI=1S/C13H14N2O2/c1-2-7-14-13(16)15-9-11-8-10-5-3-4-6-12(10)17-11/h2-6,8H,1,7,9H2,(H2,14,15,16). The van der Waals surface area contributed by atoms with Crippen molar-refractivity contribution in [2.24, 2.45) is 0 Å². The number of benzene rings is 1. The van der Waals surface area contributed by atoms with Gasteiger partial charge in [-0.25, -0.2) is 4.79 Å². The van der Waals surface area contributed by atoms with Crippen LogP contribution in [0.3, 0.4) is 0 Å². The molecule has 0 aliphatic heterocycles. The largest absolute Gasteiger partial charge is 0.459 e. The Morgan fingerprint density at radius 1 is 1.35 bits per heavy atom. The van der Waals surface area contributed by atoms with Gasteiger partial charge < -0.3 is 15.1 Å². The number of fused-ring (bicyclic) bond motifs is 1. The third kappa shape index (κ3) is 2.87. The van der Waals surface area contributed by atoms with Gasteiger partial charge in [-0.05, 0) is 12.1 Å². The molecule has 0 aliphatic carbocycles. The topological polar surface area (TPSA) is 54.3 Å². The van der Waals surface area contributed by atoms with E-state index in [0.29, 0.717) is 13.1 Å². The Labute approximate surface area is 99.3 Å². The van der Waals surface area contributed by atoms with Crippen LogP contribution in [0.4, 0.5) is 4.79 Å². The number of carbonyl (C=O) groups excluding carboxylic acids is 1. The van der Waals surface area contributed by atoms with Crippen LogP contribution < -0.4 is 10.6 Å². The molecular weight excluding hydrogens is 216 g/mol. The van der Waals surface area contributed by atoms with Crippen LogP contribution in [0.1, 0.15) is 5.76 Å². The molecule has 4 heteroatoms. The van der Waals surface area contributed by atoms with Crippen LogP contribution in [0.2, 0.25) is 0 Å². The van der Waals surface area contributed by atoms with Gasteiger partial charge in [0.1, 0.15) is 11.3 Å². The third-order valence-corrected chi connectivity index (χ3v) is 2.31. The van der Waals surface area contributed by atoms with Gasteiger partial charge in [0.15, 0.2) is 0 Å². The Bertz CT molecular complexity index is 498. The summed E-state index contributed by atoms with van der Waals surface area (Å²) in [4.78, 5) is 11.3. The molecule has 0 aliphatic rings. The molecule has 88 valence electrons. The molecule has 0 radical (unpaired) electrons. The van der Waals surface area contributed by atoms with Crippen molar-refractivity contribution in [3.8, 4) is 0 Å². The Morgan fingerprint density at radius 2 is 2.18 bits per heavy atom. The highest BCUT2D eigenvalue weighted by atomic mass is 16.3. The molecule has 0 saturated carbocycles. The minimum absolute atomic E-state index is 0.231. The molecule has 1 heterocycles. The number of amides is 2. The van der Waals surface area contributed by atoms with E-state index in [9.17, 15) is 4.79 Å². The second-order valence-electron chi connectivity index (χ2n) is 3.60. The van der Waals surface area contributed by atoms with Crippen molar-refractivity contribution in [1.29, 1.82) is 0 Å². The second-order valence-corrected chi connectivity index (χ2v) is 3.60. The van der Waals surface area contributed by atoms with Crippen LogP contribution in [-0.4, -0.2) is 12.6 Å². The number of hydrogen-bond donors (Lipinski definition) is 2. The normalized spacial score (nSPS) is 10.1. The summed E-state index contributed by atoms with van der Waals surface area (Å²) >= 11 is 0. The van der Waals surface area contributed by atoms with E-state index in [1.165, 1.54) is 0 Å². The van der Waals surface area contributed by atoms with Gasteiger partial charge >= 0.3 is 6.03 Å². The van der Waals surface area contributed by atoms with Crippen LogP contribution in [0.15, 0.2) is 47.4 Å². The molecular formula is C13H14N2O2. The average molecular weight is 230 g/mol. The smallest absolute Gasteiger partial charge is 0.315 e. The van der Waals surface area contributed by atoms with E-state index in [-0.39, 0.29) is 6.03 Å². The van der Waals surface area contributed by atoms with E-state index in [1.807, 2.05) is 30.3 Å². The third-order valence-electron chi connectivity index (χ3n) is 2.31. The highest BCUT2D eigenvalue weighted by Gasteiger charge is 2.04. The molecule has 0 spiro atoms. The minimum atomic E-state index is -0.231. The number of carbonyl (C=O) groups is 1. The first-order chi connectivity index (χ1) is 8.29. The lowest BCUT2D eigenvalue weighted by Crippen LogP contribution is -2.34. The van der Waals surface area contributed by atoms with Gasteiger partial charge in [-0.15, -0.1) is 6.58 Å². The molecule has 1 aromatic carbocycles. The SMILES string of the molecule is C=CCNC(=O)NCc1cc2ccccc2o1. The second kappa shape index (κ2) is 5.21. The van der Waals surface area contributed by atoms with Gasteiger partial charge in [-0.3, -0.25) is 0 Å². The van der Waals surface area contributed by atoms with E-state index in [1.54, 1.807) is 6.08 Å². The summed E-state index contributed by atoms with van der Waals surface area (Å²) in [5.74, 6) is 0.736. The van der Waals surface area contributed by atoms with Crippen molar-refractivity contribution in [2.75, 3.05) is 6.54 Å². The van der Waals surface area contributed by atoms with Gasteiger partial charge in [-0.1, -0.05) is 24.3 Å². The summed E-state index contributed by atoms with van der Waals surface area (Å²) in [7, 11) is 0. The van der Waals surface area contributed by atoms with E-state index in [4.69, 9.17) is 4.42 Å². The van der Waals surface area contributed by atoms with Crippen molar-refractivity contribution in [2.45, 2.75) is 6.54 Å². The number of hydrogen-bond acceptors (Lipinski definition) is 2. The molecule has 0 bridgehead atoms. The van der Waals surface area contributed by atoms with Gasteiger partial charge in [0.05, 0.1) is 6.54 Å². The molecule has 17 heavy (non-hydrogen) atoms. The Morgan fingerprint density at radius 3 is 2.94 bits per heavy atom. The molecule has 0 unspecified atom stereocenters. The van der Waals surface area contributed by atoms with Gasteiger partial charge in [0, 0.05) is 11.9 Å². The first-order valence-electron chi connectivity index (χ1n) is 5.39. The first-order valence-corrected chi connectivity index (χ1v) is 5.39. The van der Waals surface area contributed by atoms with Gasteiger partial charge in [0.2, 0.25) is 0 Å². The quantitative estimate of drug-likeness (QED) is 0.792. The first kappa shape index (κ1) is 11.3. The average Bonchev–Trinajstić information content (AvgIpc) is 2.76. The lowest BCUT2D eigenvalue weighted by atomic mass is 10.2. The molecule has 0 saturated heterocycles. The highest BCUT2D eigenvalue weighted by molar-refractivity contribution is 5.78. The van der Waals surface area contributed by atoms with Crippen LogP contribution in [0.5, 0.6) is 0 Å². The lowest BCUT2D eigenvalue weighted by Gasteiger charge is -2.03. The lowest BCUT2D eigenvalue weighted by molar-refractivity contribution is 0.240. The summed E-state index contributed by atoms with van der Waals surface area (Å²) in [5.41, 5.74) is 0.829. The van der Waals surface area contributed by atoms with Crippen molar-refractivity contribution in [3.63, 3.8) is 0 Å². The molecule has 2 amide bonds. The Hall–Kier alpha value is -2.23. The summed E-state index contributed by atoms with van der Waals surface area (Å²) in [6.07, 6.45) is 1.63. The predicted molar refractivity (Wildman–Crippen MR) is 66.6 cm³/mol. The molecule has 1 aromatic heterocycles. The maximum atomic E-state index is 11.3. The predicted octanol–water partition coefficient (Wildman–Crippen LogP) is 2.42. The molecule has 4 nitrogen and oxygen atoms in total. The summed E-state index contributed by atoms with van der Waals surface area (Å²) < 4.78 is 5.56. The van der Waals surface area contributed by atoms with Crippen LogP contribution >= 0.6 is 0 Å². The monoisotopic (exact) mass is 230 g/mol. The molecule has 2 rings (SSSR count). The van der Waals surface area contributed by atoms with Crippen molar-refractivity contribution < 1.29 is 9.21 Å². The van der Waals surface area contributed by atoms with Crippen molar-refractivity contribution in [1.82, 2.24) is 10.6 Å². The van der Waals surface area contributed by atoms with E-state index in [2.05, 4.69) is 17.2 Å². The Balaban J connectivity index is 1.94. The number of nitrogens with one attached hydrogen (secondary N) is 2. The maximum absolute atomic E-state index is 11.3. The van der Waals surface area contributed by atoms with E-state index >= 15 is 0 Å². The maximum Gasteiger partial charge on any atom is 0.315 e. The molecule has 0 fully saturated rings. The summed E-state index contributed by atoms with van der Waals surface area (Å²) in [6, 6.07) is 9.43. The highest BCUT2D eigenvalue weighted by Crippen LogP contribution is 2.18. The van der Waals surface area contributed by atoms with Gasteiger partial charge in [0.25, 0.3) is 0 Å². The molecule has 2 aromatic rings. The van der Waals surface area contributed by atoms with Crippen LogP contribution in [-0.2, 0) is 6.54 Å². The van der Waals surface area contributed by atoms with Crippen LogP contribution in [0.25, 0.3) is 11.0 Å². The molecule has 2 N–H and O–H groups in total. The summed E-state index contributed by atoms with van der Waals surface area (Å²) in [6.45, 7) is 4.34. The molecule has 0 atom stereocenters. The fraction of sp³-hybridized carbons (Fsp3) is 0.154. The van der Waals surface area contributed by atoms with Crippen molar-refractivity contribution in [3.05, 3.63) is 48.7 Å². The number of rotatable bonds is 4. The minimum Gasteiger partial charge on any atom is -0.459 e. The van der Waals surface area contributed by atoms with E-state index < -0.39 is 0 Å².